The second kappa shape index (κ2) is 6.49. The molecule has 3 fully saturated rings. The lowest BCUT2D eigenvalue weighted by Crippen LogP contribution is -2.40. The minimum absolute atomic E-state index is 0.311. The predicted molar refractivity (Wildman–Crippen MR) is 82.4 cm³/mol. The van der Waals surface area contributed by atoms with Gasteiger partial charge >= 0.3 is 0 Å². The summed E-state index contributed by atoms with van der Waals surface area (Å²) >= 11 is 0. The van der Waals surface area contributed by atoms with E-state index in [1.54, 1.807) is 0 Å². The first kappa shape index (κ1) is 14.4. The fourth-order valence-corrected chi connectivity index (χ4v) is 5.15. The molecule has 114 valence electrons. The minimum atomic E-state index is 0.311. The van der Waals surface area contributed by atoms with Crippen molar-refractivity contribution in [3.63, 3.8) is 0 Å². The molecule has 4 atom stereocenters. The molecule has 2 heteroatoms. The third kappa shape index (κ3) is 3.38. The van der Waals surface area contributed by atoms with Crippen molar-refractivity contribution in [1.29, 1.82) is 0 Å². The maximum absolute atomic E-state index is 12.1. The van der Waals surface area contributed by atoms with Crippen LogP contribution >= 0.6 is 0 Å². The summed E-state index contributed by atoms with van der Waals surface area (Å²) in [4.78, 5) is 12.1. The van der Waals surface area contributed by atoms with Crippen molar-refractivity contribution in [2.45, 2.75) is 83.6 Å². The number of hydrogen-bond donors (Lipinski definition) is 1. The summed E-state index contributed by atoms with van der Waals surface area (Å²) in [5.41, 5.74) is 0. The van der Waals surface area contributed by atoms with Crippen molar-refractivity contribution in [2.24, 2.45) is 23.7 Å². The molecule has 1 N–H and O–H groups in total. The van der Waals surface area contributed by atoms with Crippen molar-refractivity contribution in [1.82, 2.24) is 5.32 Å². The second-order valence-corrected chi connectivity index (χ2v) is 7.74. The highest BCUT2D eigenvalue weighted by Gasteiger charge is 2.42. The lowest BCUT2D eigenvalue weighted by atomic mass is 9.83. The largest absolute Gasteiger partial charge is 0.353 e. The monoisotopic (exact) mass is 277 g/mol. The average Bonchev–Trinajstić information content (AvgIpc) is 3.09. The van der Waals surface area contributed by atoms with Gasteiger partial charge in [-0.3, -0.25) is 4.79 Å². The van der Waals surface area contributed by atoms with E-state index in [0.717, 1.165) is 36.5 Å². The van der Waals surface area contributed by atoms with Gasteiger partial charge in [-0.15, -0.1) is 0 Å². The van der Waals surface area contributed by atoms with E-state index in [-0.39, 0.29) is 0 Å². The molecule has 3 aliphatic rings. The molecule has 3 aliphatic carbocycles. The third-order valence-corrected chi connectivity index (χ3v) is 6.33. The van der Waals surface area contributed by atoms with Crippen LogP contribution in [0.1, 0.15) is 77.6 Å². The topological polar surface area (TPSA) is 29.1 Å². The van der Waals surface area contributed by atoms with Gasteiger partial charge in [0.15, 0.2) is 0 Å². The van der Waals surface area contributed by atoms with E-state index >= 15 is 0 Å². The summed E-state index contributed by atoms with van der Waals surface area (Å²) in [6.07, 6.45) is 14.4. The molecule has 0 aromatic rings. The highest BCUT2D eigenvalue weighted by atomic mass is 16.1. The van der Waals surface area contributed by atoms with Gasteiger partial charge in [0.05, 0.1) is 0 Å². The molecule has 0 aliphatic heterocycles. The highest BCUT2D eigenvalue weighted by Crippen LogP contribution is 2.49. The summed E-state index contributed by atoms with van der Waals surface area (Å²) in [5, 5.41) is 3.31. The molecule has 0 heterocycles. The van der Waals surface area contributed by atoms with Crippen LogP contribution in [0.15, 0.2) is 0 Å². The van der Waals surface area contributed by atoms with Gasteiger partial charge < -0.3 is 5.32 Å². The first-order valence-electron chi connectivity index (χ1n) is 9.01. The van der Waals surface area contributed by atoms with Crippen LogP contribution in [0.3, 0.4) is 0 Å². The molecule has 0 aromatic heterocycles. The van der Waals surface area contributed by atoms with Gasteiger partial charge in [-0.25, -0.2) is 0 Å². The fourth-order valence-electron chi connectivity index (χ4n) is 5.15. The summed E-state index contributed by atoms with van der Waals surface area (Å²) in [5.74, 6) is 3.80. The molecule has 0 saturated heterocycles. The number of carbonyl (C=O) groups excluding carboxylic acids is 1. The maximum atomic E-state index is 12.1. The van der Waals surface area contributed by atoms with Crippen molar-refractivity contribution in [2.75, 3.05) is 0 Å². The van der Waals surface area contributed by atoms with Crippen LogP contribution in [0.25, 0.3) is 0 Å². The molecule has 0 radical (unpaired) electrons. The number of amides is 1. The molecule has 1 amide bonds. The van der Waals surface area contributed by atoms with Gasteiger partial charge in [0, 0.05) is 12.5 Å². The van der Waals surface area contributed by atoms with Crippen LogP contribution < -0.4 is 5.32 Å². The Hall–Kier alpha value is -0.530. The van der Waals surface area contributed by atoms with Gasteiger partial charge in [0.1, 0.15) is 0 Å². The molecule has 3 rings (SSSR count). The van der Waals surface area contributed by atoms with Gasteiger partial charge in [-0.2, -0.15) is 0 Å². The fraction of sp³-hybridized carbons (Fsp3) is 0.944. The van der Waals surface area contributed by atoms with Crippen LogP contribution in [0.5, 0.6) is 0 Å². The molecular formula is C18H31NO. The first-order chi connectivity index (χ1) is 9.72. The number of fused-ring (bicyclic) bond motifs is 2. The van der Waals surface area contributed by atoms with Crippen molar-refractivity contribution < 1.29 is 4.79 Å². The summed E-state index contributed by atoms with van der Waals surface area (Å²) in [7, 11) is 0. The van der Waals surface area contributed by atoms with Crippen molar-refractivity contribution in [3.8, 4) is 0 Å². The molecule has 0 aromatic carbocycles. The maximum Gasteiger partial charge on any atom is 0.220 e. The normalized spacial score (nSPS) is 35.1. The molecule has 2 bridgehead atoms. The van der Waals surface area contributed by atoms with E-state index in [1.165, 1.54) is 57.8 Å². The quantitative estimate of drug-likeness (QED) is 0.798. The minimum Gasteiger partial charge on any atom is -0.353 e. The van der Waals surface area contributed by atoms with Gasteiger partial charge in [0.25, 0.3) is 0 Å². The van der Waals surface area contributed by atoms with Crippen LogP contribution in [-0.4, -0.2) is 11.9 Å². The zero-order valence-electron chi connectivity index (χ0n) is 13.1. The average molecular weight is 277 g/mol. The first-order valence-corrected chi connectivity index (χ1v) is 9.01. The summed E-state index contributed by atoms with van der Waals surface area (Å²) in [6, 6.07) is 0.407. The Balaban J connectivity index is 1.37. The Morgan fingerprint density at radius 3 is 2.55 bits per heavy atom. The number of nitrogens with one attached hydrogen (secondary N) is 1. The molecular weight excluding hydrogens is 246 g/mol. The van der Waals surface area contributed by atoms with Crippen LogP contribution in [-0.2, 0) is 4.79 Å². The van der Waals surface area contributed by atoms with E-state index in [0.29, 0.717) is 11.9 Å². The number of rotatable bonds is 5. The van der Waals surface area contributed by atoms with E-state index in [2.05, 4.69) is 12.2 Å². The van der Waals surface area contributed by atoms with Gasteiger partial charge in [-0.1, -0.05) is 38.5 Å². The zero-order chi connectivity index (χ0) is 13.9. The van der Waals surface area contributed by atoms with Crippen LogP contribution in [0, 0.1) is 23.7 Å². The van der Waals surface area contributed by atoms with E-state index in [4.69, 9.17) is 0 Å². The van der Waals surface area contributed by atoms with E-state index in [1.807, 2.05) is 0 Å². The lowest BCUT2D eigenvalue weighted by Gasteiger charge is -2.29. The SMILES string of the molecule is C[C@@H](NC(=O)CCC1CCCCC1)[C@H]1C[C@H]2CC[C@H]1C2. The predicted octanol–water partition coefficient (Wildman–Crippen LogP) is 4.29. The Morgan fingerprint density at radius 2 is 1.90 bits per heavy atom. The lowest BCUT2D eigenvalue weighted by molar-refractivity contribution is -0.122. The number of hydrogen-bond acceptors (Lipinski definition) is 1. The van der Waals surface area contributed by atoms with Crippen LogP contribution in [0.2, 0.25) is 0 Å². The smallest absolute Gasteiger partial charge is 0.220 e. The highest BCUT2D eigenvalue weighted by molar-refractivity contribution is 5.76. The molecule has 2 nitrogen and oxygen atoms in total. The Labute approximate surface area is 124 Å². The van der Waals surface area contributed by atoms with Gasteiger partial charge in [0.2, 0.25) is 5.91 Å². The van der Waals surface area contributed by atoms with Crippen molar-refractivity contribution in [3.05, 3.63) is 0 Å². The van der Waals surface area contributed by atoms with Crippen molar-refractivity contribution >= 4 is 5.91 Å². The molecule has 3 saturated carbocycles. The Kier molecular flexibility index (Phi) is 4.68. The second-order valence-electron chi connectivity index (χ2n) is 7.74. The zero-order valence-corrected chi connectivity index (χ0v) is 13.1. The number of carbonyl (C=O) groups is 1. The Bertz CT molecular complexity index is 334. The Morgan fingerprint density at radius 1 is 1.10 bits per heavy atom. The molecule has 20 heavy (non-hydrogen) atoms. The summed E-state index contributed by atoms with van der Waals surface area (Å²) in [6.45, 7) is 2.24. The molecule has 0 spiro atoms. The summed E-state index contributed by atoms with van der Waals surface area (Å²) < 4.78 is 0. The molecule has 0 unspecified atom stereocenters. The third-order valence-electron chi connectivity index (χ3n) is 6.33. The van der Waals surface area contributed by atoms with Crippen LogP contribution in [0.4, 0.5) is 0 Å². The van der Waals surface area contributed by atoms with E-state index in [9.17, 15) is 4.79 Å². The van der Waals surface area contributed by atoms with Gasteiger partial charge in [-0.05, 0) is 56.3 Å². The van der Waals surface area contributed by atoms with E-state index < -0.39 is 0 Å². The standard InChI is InChI=1S/C18H31NO/c1-13(17-12-15-7-9-16(17)11-15)19-18(20)10-8-14-5-3-2-4-6-14/h13-17H,2-12H2,1H3,(H,19,20)/t13-,15+,16+,17-/m1/s1.